The molecule has 6 nitrogen and oxygen atoms in total. The van der Waals surface area contributed by atoms with Crippen LogP contribution in [-0.4, -0.2) is 52.1 Å². The summed E-state index contributed by atoms with van der Waals surface area (Å²) in [7, 11) is 0. The van der Waals surface area contributed by atoms with Crippen molar-refractivity contribution in [2.24, 2.45) is 5.73 Å². The molecule has 5 rings (SSSR count). The van der Waals surface area contributed by atoms with E-state index in [-0.39, 0.29) is 11.2 Å². The molecule has 0 saturated carbocycles. The van der Waals surface area contributed by atoms with Gasteiger partial charge in [-0.25, -0.2) is 9.18 Å². The number of carboxylic acid groups (broad SMARTS) is 1. The van der Waals surface area contributed by atoms with Crippen molar-refractivity contribution in [1.29, 1.82) is 0 Å². The largest absolute Gasteiger partial charge is 0.478 e. The van der Waals surface area contributed by atoms with Crippen molar-refractivity contribution >= 4 is 5.97 Å². The summed E-state index contributed by atoms with van der Waals surface area (Å²) < 4.78 is 14.4. The standard InChI is InChI=1S/C24H25FN4O2/c1-2-29-12-24(11-26,13-29)22-20(23(30)31)16-8-7-14-10-27-19(9-17(14)21(16)28-22)15-5-3-4-6-18(15)25/h3-6,9-10,28H,2,7-8,11-13,26H2,1H3,(H,30,31). The number of aryl methyl sites for hydroxylation is 1. The van der Waals surface area contributed by atoms with Gasteiger partial charge in [0.15, 0.2) is 0 Å². The number of aromatic carboxylic acids is 1. The number of likely N-dealkylation sites (N-methyl/N-ethyl adjacent to an activating group) is 1. The molecule has 7 heteroatoms. The maximum Gasteiger partial charge on any atom is 0.337 e. The molecular weight excluding hydrogens is 395 g/mol. The van der Waals surface area contributed by atoms with Gasteiger partial charge in [0.1, 0.15) is 5.82 Å². The van der Waals surface area contributed by atoms with E-state index in [9.17, 15) is 14.3 Å². The Bertz CT molecular complexity index is 1180. The summed E-state index contributed by atoms with van der Waals surface area (Å²) in [5, 5.41) is 10.1. The number of nitrogens with one attached hydrogen (secondary N) is 1. The summed E-state index contributed by atoms with van der Waals surface area (Å²) in [5.41, 5.74) is 11.3. The second kappa shape index (κ2) is 7.28. The number of benzene rings is 1. The molecule has 2 aromatic heterocycles. The Morgan fingerprint density at radius 3 is 2.74 bits per heavy atom. The number of pyridine rings is 1. The second-order valence-corrected chi connectivity index (χ2v) is 8.53. The van der Waals surface area contributed by atoms with Crippen LogP contribution in [0.1, 0.15) is 34.1 Å². The molecule has 31 heavy (non-hydrogen) atoms. The highest BCUT2D eigenvalue weighted by atomic mass is 19.1. The molecule has 0 unspecified atom stereocenters. The number of hydrogen-bond donors (Lipinski definition) is 3. The van der Waals surface area contributed by atoms with Crippen LogP contribution in [0.5, 0.6) is 0 Å². The summed E-state index contributed by atoms with van der Waals surface area (Å²) in [6.45, 7) is 4.86. The Morgan fingerprint density at radius 1 is 1.29 bits per heavy atom. The highest BCUT2D eigenvalue weighted by Crippen LogP contribution is 2.43. The Morgan fingerprint density at radius 2 is 2.06 bits per heavy atom. The van der Waals surface area contributed by atoms with Crippen LogP contribution < -0.4 is 5.73 Å². The molecule has 1 saturated heterocycles. The lowest BCUT2D eigenvalue weighted by atomic mass is 9.74. The van der Waals surface area contributed by atoms with Gasteiger partial charge in [0, 0.05) is 48.1 Å². The van der Waals surface area contributed by atoms with Gasteiger partial charge in [-0.2, -0.15) is 0 Å². The lowest BCUT2D eigenvalue weighted by Crippen LogP contribution is -2.63. The average Bonchev–Trinajstić information content (AvgIpc) is 3.14. The zero-order valence-electron chi connectivity index (χ0n) is 17.4. The molecule has 0 bridgehead atoms. The van der Waals surface area contributed by atoms with Gasteiger partial charge in [0.25, 0.3) is 0 Å². The molecule has 1 fully saturated rings. The third-order valence-corrected chi connectivity index (χ3v) is 6.79. The van der Waals surface area contributed by atoms with Gasteiger partial charge in [-0.15, -0.1) is 0 Å². The van der Waals surface area contributed by atoms with Crippen molar-refractivity contribution in [3.05, 3.63) is 64.7 Å². The van der Waals surface area contributed by atoms with E-state index < -0.39 is 5.97 Å². The lowest BCUT2D eigenvalue weighted by Gasteiger charge is -2.49. The van der Waals surface area contributed by atoms with Crippen molar-refractivity contribution in [1.82, 2.24) is 14.9 Å². The van der Waals surface area contributed by atoms with E-state index in [0.29, 0.717) is 41.9 Å². The molecule has 4 N–H and O–H groups in total. The number of hydrogen-bond acceptors (Lipinski definition) is 4. The van der Waals surface area contributed by atoms with Crippen LogP contribution >= 0.6 is 0 Å². The molecule has 2 aliphatic rings. The van der Waals surface area contributed by atoms with E-state index in [4.69, 9.17) is 5.73 Å². The zero-order chi connectivity index (χ0) is 21.8. The van der Waals surface area contributed by atoms with E-state index in [1.165, 1.54) is 6.07 Å². The topological polar surface area (TPSA) is 95.2 Å². The minimum atomic E-state index is -0.929. The number of aromatic nitrogens is 2. The van der Waals surface area contributed by atoms with Gasteiger partial charge in [-0.1, -0.05) is 19.1 Å². The van der Waals surface area contributed by atoms with Gasteiger partial charge in [-0.05, 0) is 48.7 Å². The third kappa shape index (κ3) is 2.99. The molecule has 160 valence electrons. The minimum Gasteiger partial charge on any atom is -0.478 e. The van der Waals surface area contributed by atoms with E-state index in [1.807, 2.05) is 6.07 Å². The van der Waals surface area contributed by atoms with Gasteiger partial charge in [0.05, 0.1) is 17.0 Å². The Hall–Kier alpha value is -3.03. The van der Waals surface area contributed by atoms with Crippen LogP contribution in [0, 0.1) is 5.82 Å². The maximum atomic E-state index is 14.4. The first-order valence-electron chi connectivity index (χ1n) is 10.6. The predicted molar refractivity (Wildman–Crippen MR) is 117 cm³/mol. The quantitative estimate of drug-likeness (QED) is 0.589. The monoisotopic (exact) mass is 420 g/mol. The number of H-pyrrole nitrogens is 1. The predicted octanol–water partition coefficient (Wildman–Crippen LogP) is 3.21. The van der Waals surface area contributed by atoms with Crippen LogP contribution in [0.3, 0.4) is 0 Å². The lowest BCUT2D eigenvalue weighted by molar-refractivity contribution is 0.0635. The summed E-state index contributed by atoms with van der Waals surface area (Å²) in [5.74, 6) is -1.26. The molecule has 1 aliphatic heterocycles. The van der Waals surface area contributed by atoms with Crippen molar-refractivity contribution in [3.8, 4) is 22.5 Å². The highest BCUT2D eigenvalue weighted by molar-refractivity contribution is 5.95. The molecule has 0 spiro atoms. The first kappa shape index (κ1) is 19.9. The van der Waals surface area contributed by atoms with E-state index in [2.05, 4.69) is 21.8 Å². The molecular formula is C24H25FN4O2. The third-order valence-electron chi connectivity index (χ3n) is 6.79. The number of fused-ring (bicyclic) bond motifs is 3. The first-order chi connectivity index (χ1) is 15.0. The Balaban J connectivity index is 1.67. The average molecular weight is 420 g/mol. The number of likely N-dealkylation sites (tertiary alicyclic amines) is 1. The van der Waals surface area contributed by atoms with Crippen molar-refractivity contribution in [2.75, 3.05) is 26.2 Å². The van der Waals surface area contributed by atoms with E-state index >= 15 is 0 Å². The molecule has 3 aromatic rings. The van der Waals surface area contributed by atoms with Crippen LogP contribution in [0.4, 0.5) is 4.39 Å². The van der Waals surface area contributed by atoms with Crippen LogP contribution in [0.25, 0.3) is 22.5 Å². The summed E-state index contributed by atoms with van der Waals surface area (Å²) in [6.07, 6.45) is 3.10. The second-order valence-electron chi connectivity index (χ2n) is 8.53. The number of nitrogens with zero attached hydrogens (tertiary/aromatic N) is 2. The smallest absolute Gasteiger partial charge is 0.337 e. The molecule has 0 radical (unpaired) electrons. The fourth-order valence-corrected chi connectivity index (χ4v) is 5.07. The van der Waals surface area contributed by atoms with Gasteiger partial charge < -0.3 is 20.7 Å². The van der Waals surface area contributed by atoms with Crippen LogP contribution in [-0.2, 0) is 18.3 Å². The SMILES string of the molecule is CCN1CC(CN)(c2[nH]c3c(c2C(=O)O)CCc2cnc(-c4ccccc4F)cc2-3)C1. The van der Waals surface area contributed by atoms with Crippen LogP contribution in [0.2, 0.25) is 0 Å². The fraction of sp³-hybridized carbons (Fsp3) is 0.333. The van der Waals surface area contributed by atoms with Crippen LogP contribution in [0.15, 0.2) is 36.5 Å². The zero-order valence-corrected chi connectivity index (χ0v) is 17.4. The number of aromatic amines is 1. The fourth-order valence-electron chi connectivity index (χ4n) is 5.07. The molecule has 0 amide bonds. The Labute approximate surface area is 179 Å². The minimum absolute atomic E-state index is 0.333. The normalized spacial score (nSPS) is 17.0. The van der Waals surface area contributed by atoms with Crippen molar-refractivity contribution in [2.45, 2.75) is 25.2 Å². The number of carboxylic acids is 1. The number of rotatable bonds is 5. The summed E-state index contributed by atoms with van der Waals surface area (Å²) in [4.78, 5) is 22.5. The molecule has 3 heterocycles. The van der Waals surface area contributed by atoms with Gasteiger partial charge >= 0.3 is 5.97 Å². The number of carbonyl (C=O) groups is 1. The molecule has 0 atom stereocenters. The molecule has 1 aromatic carbocycles. The van der Waals surface area contributed by atoms with Crippen molar-refractivity contribution < 1.29 is 14.3 Å². The first-order valence-corrected chi connectivity index (χ1v) is 10.6. The van der Waals surface area contributed by atoms with Gasteiger partial charge in [-0.3, -0.25) is 4.98 Å². The summed E-state index contributed by atoms with van der Waals surface area (Å²) >= 11 is 0. The number of nitrogens with two attached hydrogens (primary N) is 1. The number of halogens is 1. The maximum absolute atomic E-state index is 14.4. The summed E-state index contributed by atoms with van der Waals surface area (Å²) in [6, 6.07) is 8.41. The van der Waals surface area contributed by atoms with Crippen molar-refractivity contribution in [3.63, 3.8) is 0 Å². The van der Waals surface area contributed by atoms with E-state index in [1.54, 1.807) is 24.4 Å². The molecule has 1 aliphatic carbocycles. The highest BCUT2D eigenvalue weighted by Gasteiger charge is 2.47. The van der Waals surface area contributed by atoms with E-state index in [0.717, 1.165) is 42.0 Å². The van der Waals surface area contributed by atoms with Gasteiger partial charge in [0.2, 0.25) is 0 Å². The Kier molecular flexibility index (Phi) is 4.68.